The van der Waals surface area contributed by atoms with Gasteiger partial charge in [0.25, 0.3) is 5.56 Å². The van der Waals surface area contributed by atoms with Crippen LogP contribution in [0.1, 0.15) is 11.4 Å². The topological polar surface area (TPSA) is 47.3 Å². The average Bonchev–Trinajstić information content (AvgIpc) is 2.82. The summed E-state index contributed by atoms with van der Waals surface area (Å²) in [7, 11) is 0. The molecule has 0 aromatic carbocycles. The van der Waals surface area contributed by atoms with Gasteiger partial charge in [0.1, 0.15) is 9.99 Å². The molecule has 0 spiro atoms. The lowest BCUT2D eigenvalue weighted by atomic mass is 10.4. The van der Waals surface area contributed by atoms with Gasteiger partial charge in [-0.25, -0.2) is 9.97 Å². The van der Waals surface area contributed by atoms with E-state index in [1.54, 1.807) is 39.8 Å². The molecule has 0 radical (unpaired) electrons. The van der Waals surface area contributed by atoms with Crippen molar-refractivity contribution < 1.29 is 0 Å². The minimum Gasteiger partial charge on any atom is -0.269 e. The van der Waals surface area contributed by atoms with Crippen LogP contribution in [-0.2, 0) is 5.75 Å². The SMILES string of the molecule is Cc1csc(SCc2cc(=O)n3ccccc3n2)n1. The van der Waals surface area contributed by atoms with Gasteiger partial charge in [-0.1, -0.05) is 17.8 Å². The van der Waals surface area contributed by atoms with Crippen molar-refractivity contribution in [1.29, 1.82) is 0 Å². The maximum Gasteiger partial charge on any atom is 0.258 e. The smallest absolute Gasteiger partial charge is 0.258 e. The molecule has 3 heterocycles. The molecule has 19 heavy (non-hydrogen) atoms. The van der Waals surface area contributed by atoms with Crippen LogP contribution < -0.4 is 5.56 Å². The number of hydrogen-bond acceptors (Lipinski definition) is 5. The summed E-state index contributed by atoms with van der Waals surface area (Å²) in [5.74, 6) is 0.660. The maximum absolute atomic E-state index is 11.9. The Morgan fingerprint density at radius 2 is 2.26 bits per heavy atom. The third-order valence-corrected chi connectivity index (χ3v) is 4.74. The fourth-order valence-electron chi connectivity index (χ4n) is 1.71. The van der Waals surface area contributed by atoms with Gasteiger partial charge in [-0.15, -0.1) is 11.3 Å². The molecule has 0 aliphatic rings. The lowest BCUT2D eigenvalue weighted by Crippen LogP contribution is -2.14. The second kappa shape index (κ2) is 5.14. The summed E-state index contributed by atoms with van der Waals surface area (Å²) in [6.45, 7) is 1.97. The standard InChI is InChI=1S/C13H11N3OS2/c1-9-7-18-13(14-9)19-8-10-6-12(17)16-5-3-2-4-11(16)15-10/h2-7H,8H2,1H3. The van der Waals surface area contributed by atoms with Crippen LogP contribution in [0.25, 0.3) is 5.65 Å². The van der Waals surface area contributed by atoms with Gasteiger partial charge in [0.05, 0.1) is 5.69 Å². The van der Waals surface area contributed by atoms with Crippen LogP contribution in [-0.4, -0.2) is 14.4 Å². The van der Waals surface area contributed by atoms with Gasteiger partial charge in [0.2, 0.25) is 0 Å². The molecular weight excluding hydrogens is 278 g/mol. The Labute approximate surface area is 118 Å². The molecule has 0 saturated heterocycles. The van der Waals surface area contributed by atoms with Crippen molar-refractivity contribution in [2.45, 2.75) is 17.0 Å². The van der Waals surface area contributed by atoms with Crippen molar-refractivity contribution in [1.82, 2.24) is 14.4 Å². The van der Waals surface area contributed by atoms with Crippen molar-refractivity contribution in [3.05, 3.63) is 57.6 Å². The van der Waals surface area contributed by atoms with Gasteiger partial charge < -0.3 is 0 Å². The van der Waals surface area contributed by atoms with Crippen LogP contribution in [0.5, 0.6) is 0 Å². The van der Waals surface area contributed by atoms with E-state index in [0.717, 1.165) is 15.7 Å². The highest BCUT2D eigenvalue weighted by Crippen LogP contribution is 2.25. The van der Waals surface area contributed by atoms with Crippen LogP contribution in [0, 0.1) is 6.92 Å². The summed E-state index contributed by atoms with van der Waals surface area (Å²) in [5, 5.41) is 2.02. The molecule has 0 unspecified atom stereocenters. The number of thioether (sulfide) groups is 1. The van der Waals surface area contributed by atoms with E-state index in [1.165, 1.54) is 0 Å². The molecule has 0 N–H and O–H groups in total. The number of thiazole rings is 1. The van der Waals surface area contributed by atoms with E-state index in [0.29, 0.717) is 11.4 Å². The molecule has 0 bridgehead atoms. The van der Waals surface area contributed by atoms with Gasteiger partial charge in [-0.2, -0.15) is 0 Å². The first kappa shape index (κ1) is 12.4. The predicted molar refractivity (Wildman–Crippen MR) is 77.9 cm³/mol. The van der Waals surface area contributed by atoms with E-state index < -0.39 is 0 Å². The minimum absolute atomic E-state index is 0.0449. The number of hydrogen-bond donors (Lipinski definition) is 0. The first-order chi connectivity index (χ1) is 9.22. The summed E-state index contributed by atoms with van der Waals surface area (Å²) in [4.78, 5) is 20.8. The van der Waals surface area contributed by atoms with Crippen LogP contribution in [0.4, 0.5) is 0 Å². The highest BCUT2D eigenvalue weighted by Gasteiger charge is 2.04. The molecule has 3 rings (SSSR count). The number of rotatable bonds is 3. The molecule has 0 amide bonds. The highest BCUT2D eigenvalue weighted by molar-refractivity contribution is 8.00. The molecule has 3 aromatic rings. The second-order valence-corrected chi connectivity index (χ2v) is 6.14. The Balaban J connectivity index is 1.87. The Morgan fingerprint density at radius 1 is 1.37 bits per heavy atom. The normalized spacial score (nSPS) is 11.0. The largest absolute Gasteiger partial charge is 0.269 e. The van der Waals surface area contributed by atoms with Gasteiger partial charge in [0, 0.05) is 29.1 Å². The Morgan fingerprint density at radius 3 is 3.05 bits per heavy atom. The molecule has 0 atom stereocenters. The summed E-state index contributed by atoms with van der Waals surface area (Å²) < 4.78 is 2.55. The predicted octanol–water partition coefficient (Wildman–Crippen LogP) is 2.75. The van der Waals surface area contributed by atoms with Gasteiger partial charge in [-0.3, -0.25) is 9.20 Å². The van der Waals surface area contributed by atoms with Crippen molar-refractivity contribution in [2.75, 3.05) is 0 Å². The molecule has 96 valence electrons. The number of aromatic nitrogens is 3. The molecule has 0 saturated carbocycles. The average molecular weight is 289 g/mol. The number of fused-ring (bicyclic) bond motifs is 1. The molecule has 6 heteroatoms. The molecule has 3 aromatic heterocycles. The third kappa shape index (κ3) is 2.69. The summed E-state index contributed by atoms with van der Waals surface area (Å²) >= 11 is 3.23. The van der Waals surface area contributed by atoms with Crippen molar-refractivity contribution in [3.63, 3.8) is 0 Å². The number of aryl methyl sites for hydroxylation is 1. The van der Waals surface area contributed by atoms with Crippen LogP contribution in [0.15, 0.2) is 45.0 Å². The van der Waals surface area contributed by atoms with Crippen LogP contribution in [0.3, 0.4) is 0 Å². The van der Waals surface area contributed by atoms with Gasteiger partial charge in [0.15, 0.2) is 0 Å². The monoisotopic (exact) mass is 289 g/mol. The molecule has 4 nitrogen and oxygen atoms in total. The van der Waals surface area contributed by atoms with Crippen LogP contribution in [0.2, 0.25) is 0 Å². The van der Waals surface area contributed by atoms with E-state index in [9.17, 15) is 4.79 Å². The van der Waals surface area contributed by atoms with Crippen molar-refractivity contribution >= 4 is 28.7 Å². The lowest BCUT2D eigenvalue weighted by Gasteiger charge is -2.02. The van der Waals surface area contributed by atoms with E-state index in [-0.39, 0.29) is 5.56 Å². The van der Waals surface area contributed by atoms with Crippen LogP contribution >= 0.6 is 23.1 Å². The van der Waals surface area contributed by atoms with E-state index in [4.69, 9.17) is 0 Å². The summed E-state index contributed by atoms with van der Waals surface area (Å²) in [6, 6.07) is 7.12. The first-order valence-corrected chi connectivity index (χ1v) is 7.61. The zero-order chi connectivity index (χ0) is 13.2. The molecule has 0 aliphatic carbocycles. The fourth-order valence-corrected chi connectivity index (χ4v) is 3.45. The van der Waals surface area contributed by atoms with E-state index >= 15 is 0 Å². The zero-order valence-corrected chi connectivity index (χ0v) is 11.9. The summed E-state index contributed by atoms with van der Waals surface area (Å²) in [5.41, 5.74) is 2.45. The Kier molecular flexibility index (Phi) is 3.35. The van der Waals surface area contributed by atoms with Crippen molar-refractivity contribution in [2.24, 2.45) is 0 Å². The zero-order valence-electron chi connectivity index (χ0n) is 10.2. The molecular formula is C13H11N3OS2. The maximum atomic E-state index is 11.9. The summed E-state index contributed by atoms with van der Waals surface area (Å²) in [6.07, 6.45) is 1.73. The third-order valence-electron chi connectivity index (χ3n) is 2.57. The lowest BCUT2D eigenvalue weighted by molar-refractivity contribution is 1.01. The van der Waals surface area contributed by atoms with E-state index in [2.05, 4.69) is 9.97 Å². The number of nitrogens with zero attached hydrogens (tertiary/aromatic N) is 3. The second-order valence-electron chi connectivity index (χ2n) is 4.06. The van der Waals surface area contributed by atoms with E-state index in [1.807, 2.05) is 30.5 Å². The molecule has 0 fully saturated rings. The Hall–Kier alpha value is -1.66. The quantitative estimate of drug-likeness (QED) is 0.696. The van der Waals surface area contributed by atoms with Gasteiger partial charge >= 0.3 is 0 Å². The molecule has 0 aliphatic heterocycles. The van der Waals surface area contributed by atoms with Gasteiger partial charge in [-0.05, 0) is 19.1 Å². The minimum atomic E-state index is -0.0449. The van der Waals surface area contributed by atoms with Crippen molar-refractivity contribution in [3.8, 4) is 0 Å². The fraction of sp³-hybridized carbons (Fsp3) is 0.154. The Bertz CT molecular complexity index is 779. The number of pyridine rings is 1. The first-order valence-electron chi connectivity index (χ1n) is 5.74. The highest BCUT2D eigenvalue weighted by atomic mass is 32.2.